The Hall–Kier alpha value is -3.23. The lowest BCUT2D eigenvalue weighted by Crippen LogP contribution is -2.41. The van der Waals surface area contributed by atoms with Gasteiger partial charge in [0.15, 0.2) is 5.58 Å². The first-order chi connectivity index (χ1) is 15.0. The van der Waals surface area contributed by atoms with Crippen LogP contribution < -0.4 is 10.6 Å². The quantitative estimate of drug-likeness (QED) is 0.521. The molecule has 3 rings (SSSR count). The van der Waals surface area contributed by atoms with Gasteiger partial charge in [-0.05, 0) is 45.3 Å². The molecule has 164 valence electrons. The molecule has 0 unspecified atom stereocenters. The van der Waals surface area contributed by atoms with Gasteiger partial charge < -0.3 is 24.9 Å². The highest BCUT2D eigenvalue weighted by molar-refractivity contribution is 6.07. The van der Waals surface area contributed by atoms with Crippen molar-refractivity contribution >= 4 is 28.5 Å². The Labute approximate surface area is 182 Å². The van der Waals surface area contributed by atoms with Crippen LogP contribution in [0.5, 0.6) is 0 Å². The van der Waals surface area contributed by atoms with Crippen LogP contribution in [0.2, 0.25) is 0 Å². The maximum atomic E-state index is 12.7. The van der Waals surface area contributed by atoms with Crippen molar-refractivity contribution < 1.29 is 14.0 Å². The van der Waals surface area contributed by atoms with Gasteiger partial charge in [0.1, 0.15) is 0 Å². The Kier molecular flexibility index (Phi) is 7.75. The molecule has 2 N–H and O–H groups in total. The normalized spacial score (nSPS) is 11.1. The number of furan rings is 1. The zero-order chi connectivity index (χ0) is 22.2. The average Bonchev–Trinajstić information content (AvgIpc) is 3.24. The summed E-state index contributed by atoms with van der Waals surface area (Å²) in [6, 6.07) is 10.8. The number of carbonyl (C=O) groups excluding carboxylic acids is 2. The molecule has 0 saturated heterocycles. The topological polar surface area (TPSA) is 90.7 Å². The summed E-state index contributed by atoms with van der Waals surface area (Å²) in [4.78, 5) is 33.3. The molecule has 0 atom stereocenters. The van der Waals surface area contributed by atoms with E-state index in [1.807, 2.05) is 44.1 Å². The second-order valence-corrected chi connectivity index (χ2v) is 7.51. The maximum absolute atomic E-state index is 12.7. The molecule has 2 heterocycles. The minimum Gasteiger partial charge on any atom is -0.462 e. The smallest absolute Gasteiger partial charge is 0.255 e. The maximum Gasteiger partial charge on any atom is 0.255 e. The van der Waals surface area contributed by atoms with Crippen molar-refractivity contribution in [3.05, 3.63) is 60.1 Å². The molecule has 0 spiro atoms. The highest BCUT2D eigenvalue weighted by Crippen LogP contribution is 2.24. The van der Waals surface area contributed by atoms with Crippen LogP contribution in [-0.4, -0.2) is 66.9 Å². The van der Waals surface area contributed by atoms with E-state index in [0.29, 0.717) is 42.2 Å². The van der Waals surface area contributed by atoms with E-state index in [4.69, 9.17) is 4.42 Å². The number of para-hydroxylation sites is 1. The van der Waals surface area contributed by atoms with E-state index >= 15 is 0 Å². The van der Waals surface area contributed by atoms with E-state index in [9.17, 15) is 9.59 Å². The summed E-state index contributed by atoms with van der Waals surface area (Å²) < 4.78 is 5.47. The predicted molar refractivity (Wildman–Crippen MR) is 121 cm³/mol. The summed E-state index contributed by atoms with van der Waals surface area (Å²) >= 11 is 0. The van der Waals surface area contributed by atoms with Crippen molar-refractivity contribution in [2.75, 3.05) is 45.6 Å². The van der Waals surface area contributed by atoms with Crippen molar-refractivity contribution in [1.82, 2.24) is 20.1 Å². The minimum absolute atomic E-state index is 0.0461. The second-order valence-electron chi connectivity index (χ2n) is 7.51. The first-order valence-electron chi connectivity index (χ1n) is 10.3. The van der Waals surface area contributed by atoms with Crippen molar-refractivity contribution in [2.45, 2.75) is 13.5 Å². The third-order valence-electron chi connectivity index (χ3n) is 4.94. The van der Waals surface area contributed by atoms with Crippen LogP contribution in [-0.2, 0) is 11.3 Å². The number of likely N-dealkylation sites (N-methyl/N-ethyl adjacent to an activating group) is 2. The van der Waals surface area contributed by atoms with Crippen LogP contribution in [0.25, 0.3) is 11.0 Å². The Morgan fingerprint density at radius 1 is 1.13 bits per heavy atom. The lowest BCUT2D eigenvalue weighted by Gasteiger charge is -2.23. The first-order valence-corrected chi connectivity index (χ1v) is 10.3. The number of hydrogen-bond donors (Lipinski definition) is 2. The van der Waals surface area contributed by atoms with Gasteiger partial charge in [0.25, 0.3) is 5.91 Å². The number of hydrogen-bond acceptors (Lipinski definition) is 6. The molecule has 0 radical (unpaired) electrons. The summed E-state index contributed by atoms with van der Waals surface area (Å²) in [5.74, 6) is -0.200. The zero-order valence-electron chi connectivity index (χ0n) is 18.2. The fourth-order valence-corrected chi connectivity index (χ4v) is 3.19. The number of nitrogens with zero attached hydrogens (tertiary/aromatic N) is 3. The van der Waals surface area contributed by atoms with Crippen LogP contribution in [0.4, 0.5) is 5.69 Å². The summed E-state index contributed by atoms with van der Waals surface area (Å²) in [5, 5.41) is 6.94. The van der Waals surface area contributed by atoms with Crippen LogP contribution in [0.3, 0.4) is 0 Å². The number of aromatic nitrogens is 1. The molecule has 0 aliphatic carbocycles. The second kappa shape index (κ2) is 10.7. The van der Waals surface area contributed by atoms with Gasteiger partial charge in [-0.2, -0.15) is 0 Å². The molecular weight excluding hydrogens is 394 g/mol. The molecule has 8 heteroatoms. The molecule has 2 amide bonds. The number of anilines is 1. The van der Waals surface area contributed by atoms with Crippen LogP contribution in [0.15, 0.2) is 53.3 Å². The van der Waals surface area contributed by atoms with E-state index in [-0.39, 0.29) is 18.4 Å². The fourth-order valence-electron chi connectivity index (χ4n) is 3.19. The number of pyridine rings is 1. The summed E-state index contributed by atoms with van der Waals surface area (Å²) in [5.41, 5.74) is 2.43. The molecule has 0 bridgehead atoms. The van der Waals surface area contributed by atoms with Crippen molar-refractivity contribution in [2.24, 2.45) is 0 Å². The monoisotopic (exact) mass is 423 g/mol. The molecular formula is C23H29N5O3. The molecule has 3 aromatic rings. The van der Waals surface area contributed by atoms with E-state index in [1.165, 1.54) is 0 Å². The number of nitrogens with one attached hydrogen (secondary N) is 2. The molecule has 0 aliphatic rings. The highest BCUT2D eigenvalue weighted by Gasteiger charge is 2.13. The predicted octanol–water partition coefficient (Wildman–Crippen LogP) is 2.58. The van der Waals surface area contributed by atoms with Crippen molar-refractivity contribution in [1.29, 1.82) is 0 Å². The minimum atomic E-state index is -0.246. The van der Waals surface area contributed by atoms with Gasteiger partial charge in [-0.15, -0.1) is 0 Å². The van der Waals surface area contributed by atoms with Gasteiger partial charge in [0, 0.05) is 43.3 Å². The number of fused-ring (bicyclic) bond motifs is 1. The summed E-state index contributed by atoms with van der Waals surface area (Å²) in [7, 11) is 3.97. The van der Waals surface area contributed by atoms with E-state index in [1.54, 1.807) is 30.7 Å². The van der Waals surface area contributed by atoms with Crippen LogP contribution in [0.1, 0.15) is 23.0 Å². The van der Waals surface area contributed by atoms with Gasteiger partial charge in [-0.1, -0.05) is 12.1 Å². The van der Waals surface area contributed by atoms with Gasteiger partial charge >= 0.3 is 0 Å². The lowest BCUT2D eigenvalue weighted by atomic mass is 10.2. The molecule has 0 aliphatic heterocycles. The highest BCUT2D eigenvalue weighted by atomic mass is 16.3. The van der Waals surface area contributed by atoms with Gasteiger partial charge in [-0.25, -0.2) is 0 Å². The number of benzene rings is 1. The van der Waals surface area contributed by atoms with E-state index in [0.717, 1.165) is 11.9 Å². The molecule has 1 aromatic carbocycles. The summed E-state index contributed by atoms with van der Waals surface area (Å²) in [6.07, 6.45) is 3.19. The molecule has 31 heavy (non-hydrogen) atoms. The van der Waals surface area contributed by atoms with Gasteiger partial charge in [0.05, 0.1) is 24.2 Å². The zero-order valence-corrected chi connectivity index (χ0v) is 18.2. The molecule has 8 nitrogen and oxygen atoms in total. The van der Waals surface area contributed by atoms with Crippen molar-refractivity contribution in [3.8, 4) is 0 Å². The van der Waals surface area contributed by atoms with E-state index < -0.39 is 0 Å². The first kappa shape index (κ1) is 22.5. The average molecular weight is 424 g/mol. The van der Waals surface area contributed by atoms with Crippen LogP contribution in [0, 0.1) is 0 Å². The largest absolute Gasteiger partial charge is 0.462 e. The Morgan fingerprint density at radius 3 is 2.74 bits per heavy atom. The van der Waals surface area contributed by atoms with Gasteiger partial charge in [0.2, 0.25) is 5.91 Å². The Bertz CT molecular complexity index is 1030. The SMILES string of the molecule is CCN(CCN(C)C)C(=O)CNCc1cc(C(=O)Nc2cccc3ccoc23)ccn1. The Balaban J connectivity index is 1.55. The molecule has 2 aromatic heterocycles. The fraction of sp³-hybridized carbons (Fsp3) is 0.348. The number of carbonyl (C=O) groups is 2. The van der Waals surface area contributed by atoms with Crippen LogP contribution >= 0.6 is 0 Å². The summed E-state index contributed by atoms with van der Waals surface area (Å²) in [6.45, 7) is 4.78. The number of amides is 2. The third-order valence-corrected chi connectivity index (χ3v) is 4.94. The Morgan fingerprint density at radius 2 is 1.97 bits per heavy atom. The third kappa shape index (κ3) is 6.13. The van der Waals surface area contributed by atoms with Gasteiger partial charge in [-0.3, -0.25) is 14.6 Å². The standard InChI is InChI=1S/C23H29N5O3/c1-4-28(12-11-27(2)3)21(29)16-24-15-19-14-18(8-10-25-19)23(30)26-20-7-5-6-17-9-13-31-22(17)20/h5-10,13-14,24H,4,11-12,15-16H2,1-3H3,(H,26,30). The van der Waals surface area contributed by atoms with E-state index in [2.05, 4.69) is 20.5 Å². The number of rotatable bonds is 10. The lowest BCUT2D eigenvalue weighted by molar-refractivity contribution is -0.130. The molecule has 0 fully saturated rings. The molecule has 0 saturated carbocycles. The van der Waals surface area contributed by atoms with Crippen molar-refractivity contribution in [3.63, 3.8) is 0 Å².